The zero-order valence-corrected chi connectivity index (χ0v) is 13.0. The average Bonchev–Trinajstić information content (AvgIpc) is 2.51. The van der Waals surface area contributed by atoms with Crippen LogP contribution in [0, 0.1) is 11.3 Å². The maximum atomic E-state index is 10.8. The van der Waals surface area contributed by atoms with Crippen LogP contribution in [0.1, 0.15) is 17.7 Å². The quantitative estimate of drug-likeness (QED) is 0.604. The molecule has 2 aromatic rings. The van der Waals surface area contributed by atoms with Gasteiger partial charge in [-0.15, -0.1) is 0 Å². The number of hydrogen-bond donors (Lipinski definition) is 0. The van der Waals surface area contributed by atoms with Crippen molar-refractivity contribution in [2.24, 2.45) is 0 Å². The molecular weight excluding hydrogens is 300 g/mol. The summed E-state index contributed by atoms with van der Waals surface area (Å²) in [6, 6.07) is 13.3. The number of benzene rings is 1. The topological polar surface area (TPSA) is 80.0 Å². The highest BCUT2D eigenvalue weighted by Crippen LogP contribution is 2.22. The molecule has 0 spiro atoms. The van der Waals surface area contributed by atoms with Gasteiger partial charge in [0.25, 0.3) is 10.1 Å². The number of nitrogens with zero attached hydrogens (tertiary/aromatic N) is 2. The molecule has 0 aliphatic rings. The third-order valence-electron chi connectivity index (χ3n) is 3.06. The van der Waals surface area contributed by atoms with Crippen LogP contribution in [0.25, 0.3) is 11.1 Å². The molecule has 114 valence electrons. The lowest BCUT2D eigenvalue weighted by atomic mass is 10.0. The Balaban J connectivity index is 2.00. The van der Waals surface area contributed by atoms with Gasteiger partial charge in [0.05, 0.1) is 24.5 Å². The molecule has 2 rings (SSSR count). The third-order valence-corrected chi connectivity index (χ3v) is 3.65. The van der Waals surface area contributed by atoms with Crippen molar-refractivity contribution in [1.29, 1.82) is 5.26 Å². The summed E-state index contributed by atoms with van der Waals surface area (Å²) in [5.41, 5.74) is 3.20. The van der Waals surface area contributed by atoms with Crippen molar-refractivity contribution >= 4 is 10.1 Å². The van der Waals surface area contributed by atoms with Gasteiger partial charge in [0.2, 0.25) is 0 Å². The lowest BCUT2D eigenvalue weighted by molar-refractivity contribution is 0.315. The van der Waals surface area contributed by atoms with E-state index < -0.39 is 10.1 Å². The van der Waals surface area contributed by atoms with Gasteiger partial charge in [0.15, 0.2) is 0 Å². The van der Waals surface area contributed by atoms with Gasteiger partial charge in [-0.3, -0.25) is 9.17 Å². The molecule has 0 saturated heterocycles. The van der Waals surface area contributed by atoms with Gasteiger partial charge in [-0.2, -0.15) is 13.7 Å². The van der Waals surface area contributed by atoms with Crippen molar-refractivity contribution in [3.05, 3.63) is 53.9 Å². The smallest absolute Gasteiger partial charge is 0.264 e. The van der Waals surface area contributed by atoms with E-state index in [4.69, 9.17) is 5.26 Å². The van der Waals surface area contributed by atoms with Crippen LogP contribution in [0.2, 0.25) is 0 Å². The molecule has 0 aliphatic heterocycles. The molecule has 1 aromatic heterocycles. The minimum atomic E-state index is -3.38. The number of nitriles is 1. The molecule has 1 heterocycles. The van der Waals surface area contributed by atoms with Gasteiger partial charge >= 0.3 is 0 Å². The molecule has 6 heteroatoms. The van der Waals surface area contributed by atoms with Crippen LogP contribution in [0.5, 0.6) is 0 Å². The summed E-state index contributed by atoms with van der Waals surface area (Å²) < 4.78 is 26.4. The Morgan fingerprint density at radius 2 is 2.00 bits per heavy atom. The van der Waals surface area contributed by atoms with Crippen LogP contribution in [-0.4, -0.2) is 26.3 Å². The SMILES string of the molecule is CS(=O)(=O)OCCCc1ccc(-c2ccccc2C#N)cn1. The second kappa shape index (κ2) is 7.16. The molecule has 5 nitrogen and oxygen atoms in total. The predicted octanol–water partition coefficient (Wildman–Crippen LogP) is 2.53. The molecule has 1 aromatic carbocycles. The summed E-state index contributed by atoms with van der Waals surface area (Å²) in [7, 11) is -3.38. The fourth-order valence-electron chi connectivity index (χ4n) is 2.03. The summed E-state index contributed by atoms with van der Waals surface area (Å²) in [6.07, 6.45) is 3.97. The van der Waals surface area contributed by atoms with E-state index in [9.17, 15) is 8.42 Å². The molecule has 0 radical (unpaired) electrons. The number of pyridine rings is 1. The Hall–Kier alpha value is -2.23. The fourth-order valence-corrected chi connectivity index (χ4v) is 2.45. The summed E-state index contributed by atoms with van der Waals surface area (Å²) >= 11 is 0. The van der Waals surface area contributed by atoms with Crippen molar-refractivity contribution in [1.82, 2.24) is 4.98 Å². The molecule has 0 amide bonds. The molecule has 0 atom stereocenters. The molecule has 0 N–H and O–H groups in total. The van der Waals surface area contributed by atoms with E-state index in [1.165, 1.54) is 0 Å². The number of hydrogen-bond acceptors (Lipinski definition) is 5. The number of rotatable bonds is 6. The highest BCUT2D eigenvalue weighted by Gasteiger charge is 2.05. The Morgan fingerprint density at radius 3 is 2.64 bits per heavy atom. The van der Waals surface area contributed by atoms with E-state index in [0.29, 0.717) is 18.4 Å². The molecular formula is C16H16N2O3S. The first-order chi connectivity index (χ1) is 10.5. The lowest BCUT2D eigenvalue weighted by Gasteiger charge is -2.05. The van der Waals surface area contributed by atoms with Gasteiger partial charge in [-0.25, -0.2) is 0 Å². The minimum Gasteiger partial charge on any atom is -0.270 e. The Kier molecular flexibility index (Phi) is 5.26. The van der Waals surface area contributed by atoms with Crippen LogP contribution in [0.3, 0.4) is 0 Å². The maximum Gasteiger partial charge on any atom is 0.264 e. The first-order valence-corrected chi connectivity index (χ1v) is 8.60. The van der Waals surface area contributed by atoms with E-state index in [-0.39, 0.29) is 6.61 Å². The maximum absolute atomic E-state index is 10.8. The number of aryl methyl sites for hydroxylation is 1. The third kappa shape index (κ3) is 4.65. The van der Waals surface area contributed by atoms with Crippen molar-refractivity contribution < 1.29 is 12.6 Å². The van der Waals surface area contributed by atoms with Crippen molar-refractivity contribution in [3.63, 3.8) is 0 Å². The standard InChI is InChI=1S/C16H16N2O3S/c1-22(19,20)21-10-4-6-15-9-8-14(12-18-15)16-7-3-2-5-13(16)11-17/h2-3,5,7-9,12H,4,6,10H2,1H3. The summed E-state index contributed by atoms with van der Waals surface area (Å²) in [5, 5.41) is 9.11. The van der Waals surface area contributed by atoms with E-state index in [1.54, 1.807) is 12.3 Å². The summed E-state index contributed by atoms with van der Waals surface area (Å²) in [5.74, 6) is 0. The summed E-state index contributed by atoms with van der Waals surface area (Å²) in [6.45, 7) is 0.152. The van der Waals surface area contributed by atoms with Gasteiger partial charge in [-0.05, 0) is 25.0 Å². The van der Waals surface area contributed by atoms with E-state index >= 15 is 0 Å². The van der Waals surface area contributed by atoms with Gasteiger partial charge < -0.3 is 0 Å². The van der Waals surface area contributed by atoms with Crippen LogP contribution in [0.4, 0.5) is 0 Å². The molecule has 0 fully saturated rings. The van der Waals surface area contributed by atoms with Crippen molar-refractivity contribution in [2.45, 2.75) is 12.8 Å². The molecule has 0 saturated carbocycles. The highest BCUT2D eigenvalue weighted by molar-refractivity contribution is 7.85. The molecule has 0 aliphatic carbocycles. The predicted molar refractivity (Wildman–Crippen MR) is 83.5 cm³/mol. The Morgan fingerprint density at radius 1 is 1.23 bits per heavy atom. The van der Waals surface area contributed by atoms with Crippen LogP contribution >= 0.6 is 0 Å². The Labute approximate surface area is 130 Å². The number of aromatic nitrogens is 1. The van der Waals surface area contributed by atoms with E-state index in [2.05, 4.69) is 15.2 Å². The zero-order valence-electron chi connectivity index (χ0n) is 12.2. The first kappa shape index (κ1) is 16.1. The average molecular weight is 316 g/mol. The van der Waals surface area contributed by atoms with Crippen LogP contribution in [-0.2, 0) is 20.7 Å². The zero-order chi connectivity index (χ0) is 16.0. The van der Waals surface area contributed by atoms with Crippen LogP contribution in [0.15, 0.2) is 42.6 Å². The second-order valence-corrected chi connectivity index (χ2v) is 6.47. The highest BCUT2D eigenvalue weighted by atomic mass is 32.2. The van der Waals surface area contributed by atoms with E-state index in [0.717, 1.165) is 23.1 Å². The molecule has 0 unspecified atom stereocenters. The fraction of sp³-hybridized carbons (Fsp3) is 0.250. The van der Waals surface area contributed by atoms with Crippen molar-refractivity contribution in [3.8, 4) is 17.2 Å². The monoisotopic (exact) mass is 316 g/mol. The lowest BCUT2D eigenvalue weighted by Crippen LogP contribution is -2.05. The second-order valence-electron chi connectivity index (χ2n) is 4.83. The normalized spacial score (nSPS) is 11.1. The van der Waals surface area contributed by atoms with Gasteiger partial charge in [-0.1, -0.05) is 24.3 Å². The van der Waals surface area contributed by atoms with E-state index in [1.807, 2.05) is 30.3 Å². The largest absolute Gasteiger partial charge is 0.270 e. The van der Waals surface area contributed by atoms with Crippen molar-refractivity contribution in [2.75, 3.05) is 12.9 Å². The van der Waals surface area contributed by atoms with Gasteiger partial charge in [0, 0.05) is 23.0 Å². The summed E-state index contributed by atoms with van der Waals surface area (Å²) in [4.78, 5) is 4.35. The first-order valence-electron chi connectivity index (χ1n) is 6.78. The molecule has 0 bridgehead atoms. The molecule has 22 heavy (non-hydrogen) atoms. The van der Waals surface area contributed by atoms with Crippen LogP contribution < -0.4 is 0 Å². The van der Waals surface area contributed by atoms with Gasteiger partial charge in [0.1, 0.15) is 0 Å². The Bertz CT molecular complexity index is 778. The minimum absolute atomic E-state index is 0.152.